The Kier molecular flexibility index (Phi) is 10.2. The molecule has 3 atom stereocenters. The third kappa shape index (κ3) is 5.70. The number of Topliss-reactive ketones (excluding diaryl/α,β-unsaturated/α-hetero) is 1. The van der Waals surface area contributed by atoms with Crippen molar-refractivity contribution < 1.29 is 19.1 Å². The molecule has 0 bridgehead atoms. The minimum atomic E-state index is -2.21. The lowest BCUT2D eigenvalue weighted by atomic mass is 9.95. The summed E-state index contributed by atoms with van der Waals surface area (Å²) < 4.78 is 6.79. The molecule has 1 heterocycles. The first kappa shape index (κ1) is 27.6. The number of ketones is 1. The fourth-order valence-electron chi connectivity index (χ4n) is 5.38. The van der Waals surface area contributed by atoms with Crippen LogP contribution < -0.4 is 0 Å². The zero-order chi connectivity index (χ0) is 24.1. The van der Waals surface area contributed by atoms with Crippen LogP contribution in [-0.2, 0) is 14.0 Å². The van der Waals surface area contributed by atoms with Gasteiger partial charge in [-0.3, -0.25) is 9.59 Å². The lowest BCUT2D eigenvalue weighted by Crippen LogP contribution is -2.54. The molecule has 5 nitrogen and oxygen atoms in total. The van der Waals surface area contributed by atoms with E-state index in [0.29, 0.717) is 16.6 Å². The number of likely N-dealkylation sites (N-methyl/N-ethyl adjacent to an activating group) is 1. The normalized spacial score (nSPS) is 21.8. The number of unbranched alkanes of at least 4 members (excludes halogenated alkanes) is 1. The van der Waals surface area contributed by atoms with Crippen LogP contribution in [0.1, 0.15) is 81.6 Å². The van der Waals surface area contributed by atoms with Gasteiger partial charge in [0.05, 0.1) is 6.10 Å². The van der Waals surface area contributed by atoms with E-state index >= 15 is 0 Å². The number of carbonyl (C=O) groups excluding carboxylic acids is 2. The van der Waals surface area contributed by atoms with Crippen LogP contribution in [0.4, 0.5) is 0 Å². The number of aliphatic hydroxyl groups excluding tert-OH is 1. The molecule has 1 aliphatic heterocycles. The molecule has 178 valence electrons. The summed E-state index contributed by atoms with van der Waals surface area (Å²) in [6.07, 6.45) is 6.21. The van der Waals surface area contributed by atoms with Crippen LogP contribution in [-0.4, -0.2) is 49.2 Å². The second kappa shape index (κ2) is 11.5. The first-order valence-electron chi connectivity index (χ1n) is 11.9. The molecule has 0 aromatic rings. The standard InChI is InChI=1S/C25H45NO4Si/c1-11-12-13-14-15-19(8)23(27)21-24(28)22(26(10)25(21)29)20(9)30-31(16(2)3,17(4)5)18(6)7/h11-12,16-20,22,27H,13-15H2,1-10H3/b12-11+,23-21-/t19-,20-,22+/m1/s1. The van der Waals surface area contributed by atoms with Gasteiger partial charge in [-0.25, -0.2) is 0 Å². The highest BCUT2D eigenvalue weighted by Gasteiger charge is 2.51. The van der Waals surface area contributed by atoms with Crippen molar-refractivity contribution >= 4 is 20.0 Å². The maximum absolute atomic E-state index is 13.3. The number of carbonyl (C=O) groups is 2. The van der Waals surface area contributed by atoms with Gasteiger partial charge in [0.15, 0.2) is 5.78 Å². The Balaban J connectivity index is 3.17. The molecule has 0 saturated carbocycles. The molecule has 0 aliphatic carbocycles. The summed E-state index contributed by atoms with van der Waals surface area (Å²) in [5, 5.41) is 10.8. The zero-order valence-corrected chi connectivity index (χ0v) is 22.4. The van der Waals surface area contributed by atoms with Gasteiger partial charge in [0, 0.05) is 13.0 Å². The number of amides is 1. The number of likely N-dealkylation sites (tertiary alicyclic amines) is 1. The Hall–Kier alpha value is -1.40. The largest absolute Gasteiger partial charge is 0.511 e. The molecule has 0 aromatic heterocycles. The number of aliphatic hydroxyl groups is 1. The highest BCUT2D eigenvalue weighted by molar-refractivity contribution is 6.77. The van der Waals surface area contributed by atoms with E-state index in [4.69, 9.17) is 4.43 Å². The van der Waals surface area contributed by atoms with E-state index in [-0.39, 0.29) is 23.0 Å². The van der Waals surface area contributed by atoms with Crippen LogP contribution in [0, 0.1) is 5.92 Å². The third-order valence-electron chi connectivity index (χ3n) is 6.97. The Morgan fingerprint density at radius 2 is 1.58 bits per heavy atom. The summed E-state index contributed by atoms with van der Waals surface area (Å²) in [6.45, 7) is 19.0. The van der Waals surface area contributed by atoms with Crippen LogP contribution in [0.5, 0.6) is 0 Å². The van der Waals surface area contributed by atoms with Gasteiger partial charge in [0.1, 0.15) is 17.4 Å². The van der Waals surface area contributed by atoms with Gasteiger partial charge >= 0.3 is 0 Å². The first-order chi connectivity index (χ1) is 14.3. The molecule has 0 spiro atoms. The summed E-state index contributed by atoms with van der Waals surface area (Å²) in [7, 11) is -0.567. The van der Waals surface area contributed by atoms with Crippen molar-refractivity contribution in [3.8, 4) is 0 Å². The van der Waals surface area contributed by atoms with E-state index in [1.807, 2.05) is 26.8 Å². The molecule has 0 unspecified atom stereocenters. The zero-order valence-electron chi connectivity index (χ0n) is 21.4. The van der Waals surface area contributed by atoms with Gasteiger partial charge in [-0.1, -0.05) is 60.6 Å². The van der Waals surface area contributed by atoms with Crippen molar-refractivity contribution in [3.05, 3.63) is 23.5 Å². The van der Waals surface area contributed by atoms with Crippen molar-refractivity contribution in [2.45, 2.75) is 110 Å². The molecule has 0 aromatic carbocycles. The summed E-state index contributed by atoms with van der Waals surface area (Å²) in [5.41, 5.74) is 1.10. The molecule has 1 fully saturated rings. The minimum Gasteiger partial charge on any atom is -0.511 e. The second-order valence-electron chi connectivity index (χ2n) is 10.0. The lowest BCUT2D eigenvalue weighted by molar-refractivity contribution is -0.127. The summed E-state index contributed by atoms with van der Waals surface area (Å²) in [4.78, 5) is 27.7. The van der Waals surface area contributed by atoms with E-state index in [1.54, 1.807) is 7.05 Å². The van der Waals surface area contributed by atoms with Crippen molar-refractivity contribution in [1.82, 2.24) is 4.90 Å². The Bertz CT molecular complexity index is 674. The Labute approximate surface area is 191 Å². The molecule has 0 radical (unpaired) electrons. The van der Waals surface area contributed by atoms with Gasteiger partial charge in [0.2, 0.25) is 8.32 Å². The van der Waals surface area contributed by atoms with E-state index in [1.165, 1.54) is 4.90 Å². The molecule has 31 heavy (non-hydrogen) atoms. The second-order valence-corrected chi connectivity index (χ2v) is 15.4. The molecule has 1 saturated heterocycles. The summed E-state index contributed by atoms with van der Waals surface area (Å²) in [5.74, 6) is -1.00. The maximum Gasteiger partial charge on any atom is 0.261 e. The van der Waals surface area contributed by atoms with Gasteiger partial charge in [-0.15, -0.1) is 0 Å². The molecule has 1 N–H and O–H groups in total. The van der Waals surface area contributed by atoms with E-state index < -0.39 is 26.4 Å². The highest BCUT2D eigenvalue weighted by atomic mass is 28.4. The summed E-state index contributed by atoms with van der Waals surface area (Å²) in [6, 6.07) is -0.692. The van der Waals surface area contributed by atoms with Gasteiger partial charge < -0.3 is 14.4 Å². The summed E-state index contributed by atoms with van der Waals surface area (Å²) >= 11 is 0. The molecule has 6 heteroatoms. The number of nitrogens with zero attached hydrogens (tertiary/aromatic N) is 1. The predicted molar refractivity (Wildman–Crippen MR) is 131 cm³/mol. The molecular formula is C25H45NO4Si. The fraction of sp³-hybridized carbons (Fsp3) is 0.760. The number of rotatable bonds is 11. The SMILES string of the molecule is C/C=C/CCC[C@@H](C)/C(O)=C1\C(=O)[C@H]([C@@H](C)O[Si](C(C)C)(C(C)C)C(C)C)N(C)C1=O. The number of hydrogen-bond donors (Lipinski definition) is 1. The Morgan fingerprint density at radius 3 is 2.03 bits per heavy atom. The van der Waals surface area contributed by atoms with Crippen LogP contribution in [0.15, 0.2) is 23.5 Å². The van der Waals surface area contributed by atoms with Gasteiger partial charge in [0.25, 0.3) is 5.91 Å². The van der Waals surface area contributed by atoms with Crippen molar-refractivity contribution in [2.24, 2.45) is 5.92 Å². The van der Waals surface area contributed by atoms with E-state index in [2.05, 4.69) is 47.6 Å². The van der Waals surface area contributed by atoms with Crippen molar-refractivity contribution in [2.75, 3.05) is 7.05 Å². The monoisotopic (exact) mass is 451 g/mol. The van der Waals surface area contributed by atoms with E-state index in [0.717, 1.165) is 19.3 Å². The molecule has 1 rings (SSSR count). The quantitative estimate of drug-likeness (QED) is 0.102. The maximum atomic E-state index is 13.3. The lowest BCUT2D eigenvalue weighted by Gasteiger charge is -2.45. The van der Waals surface area contributed by atoms with E-state index in [9.17, 15) is 14.7 Å². The van der Waals surface area contributed by atoms with Gasteiger partial charge in [-0.05, 0) is 49.7 Å². The fourth-order valence-corrected chi connectivity index (χ4v) is 11.0. The highest BCUT2D eigenvalue weighted by Crippen LogP contribution is 2.44. The topological polar surface area (TPSA) is 66.8 Å². The smallest absolute Gasteiger partial charge is 0.261 e. The first-order valence-corrected chi connectivity index (χ1v) is 14.0. The van der Waals surface area contributed by atoms with Crippen LogP contribution >= 0.6 is 0 Å². The number of allylic oxidation sites excluding steroid dienone is 3. The number of hydrogen-bond acceptors (Lipinski definition) is 4. The predicted octanol–water partition coefficient (Wildman–Crippen LogP) is 6.17. The third-order valence-corrected chi connectivity index (χ3v) is 13.2. The van der Waals surface area contributed by atoms with Crippen molar-refractivity contribution in [1.29, 1.82) is 0 Å². The van der Waals surface area contributed by atoms with Gasteiger partial charge in [-0.2, -0.15) is 0 Å². The molecule has 1 amide bonds. The molecular weight excluding hydrogens is 406 g/mol. The molecule has 1 aliphatic rings. The van der Waals surface area contributed by atoms with Crippen LogP contribution in [0.2, 0.25) is 16.6 Å². The minimum absolute atomic E-state index is 0.0487. The van der Waals surface area contributed by atoms with Crippen LogP contribution in [0.25, 0.3) is 0 Å². The van der Waals surface area contributed by atoms with Crippen LogP contribution in [0.3, 0.4) is 0 Å². The van der Waals surface area contributed by atoms with Crippen molar-refractivity contribution in [3.63, 3.8) is 0 Å². The average molecular weight is 452 g/mol. The Morgan fingerprint density at radius 1 is 1.06 bits per heavy atom. The average Bonchev–Trinajstić information content (AvgIpc) is 2.90.